The van der Waals surface area contributed by atoms with Gasteiger partial charge in [-0.1, -0.05) is 54.6 Å². The molecule has 1 aliphatic rings. The van der Waals surface area contributed by atoms with E-state index in [1.807, 2.05) is 73.7 Å². The van der Waals surface area contributed by atoms with Crippen molar-refractivity contribution >= 4 is 17.9 Å². The van der Waals surface area contributed by atoms with Gasteiger partial charge in [-0.3, -0.25) is 15.1 Å². The Morgan fingerprint density at radius 3 is 2.40 bits per heavy atom. The summed E-state index contributed by atoms with van der Waals surface area (Å²) in [6.45, 7) is 1.81. The van der Waals surface area contributed by atoms with Crippen LogP contribution in [0.25, 0.3) is 16.9 Å². The van der Waals surface area contributed by atoms with Gasteiger partial charge >= 0.3 is 12.1 Å². The molecule has 8 heteroatoms. The maximum absolute atomic E-state index is 12.4. The van der Waals surface area contributed by atoms with Crippen LogP contribution in [0.5, 0.6) is 0 Å². The van der Waals surface area contributed by atoms with E-state index in [4.69, 9.17) is 4.74 Å². The Labute approximate surface area is 202 Å². The van der Waals surface area contributed by atoms with Gasteiger partial charge in [0.1, 0.15) is 11.9 Å². The molecule has 4 aromatic rings. The number of carboxylic acid groups (broad SMARTS) is 1. The molecule has 35 heavy (non-hydrogen) atoms. The number of aliphatic carboxylic acids is 1. The molecule has 8 nitrogen and oxygen atoms in total. The Morgan fingerprint density at radius 2 is 1.77 bits per heavy atom. The van der Waals surface area contributed by atoms with E-state index in [0.29, 0.717) is 24.3 Å². The highest BCUT2D eigenvalue weighted by atomic mass is 16.6. The molecule has 2 aromatic carbocycles. The van der Waals surface area contributed by atoms with Gasteiger partial charge in [0.25, 0.3) is 0 Å². The van der Waals surface area contributed by atoms with Gasteiger partial charge in [0.05, 0.1) is 29.2 Å². The van der Waals surface area contributed by atoms with Crippen molar-refractivity contribution in [3.05, 3.63) is 96.3 Å². The van der Waals surface area contributed by atoms with Crippen molar-refractivity contribution < 1.29 is 19.4 Å². The average Bonchev–Trinajstić information content (AvgIpc) is 3.58. The number of nitrogens with one attached hydrogen (secondary N) is 1. The second-order valence-electron chi connectivity index (χ2n) is 8.58. The van der Waals surface area contributed by atoms with E-state index < -0.39 is 23.6 Å². The lowest BCUT2D eigenvalue weighted by Crippen LogP contribution is -2.19. The SMILES string of the molecule is C[C@@H](OC(=O)Nc1ccnn1-c1ccc(-c2ccc(C3(C(=O)O)CC3)cc2)nc1)c1ccccc1. The molecule has 1 aliphatic carbocycles. The van der Waals surface area contributed by atoms with Crippen LogP contribution in [0.2, 0.25) is 0 Å². The number of carbonyl (C=O) groups excluding carboxylic acids is 1. The average molecular weight is 469 g/mol. The summed E-state index contributed by atoms with van der Waals surface area (Å²) in [4.78, 5) is 28.5. The molecular formula is C27H24N4O4. The molecule has 0 bridgehead atoms. The zero-order chi connectivity index (χ0) is 24.4. The monoisotopic (exact) mass is 468 g/mol. The Kier molecular flexibility index (Phi) is 5.78. The van der Waals surface area contributed by atoms with Gasteiger partial charge in [-0.25, -0.2) is 9.48 Å². The van der Waals surface area contributed by atoms with E-state index in [2.05, 4.69) is 15.4 Å². The van der Waals surface area contributed by atoms with Gasteiger partial charge in [0, 0.05) is 11.6 Å². The second-order valence-corrected chi connectivity index (χ2v) is 8.58. The number of nitrogens with zero attached hydrogens (tertiary/aromatic N) is 3. The highest BCUT2D eigenvalue weighted by molar-refractivity contribution is 5.85. The van der Waals surface area contributed by atoms with Crippen molar-refractivity contribution in [3.63, 3.8) is 0 Å². The molecule has 2 N–H and O–H groups in total. The maximum Gasteiger partial charge on any atom is 0.413 e. The Hall–Kier alpha value is -4.46. The van der Waals surface area contributed by atoms with Gasteiger partial charge in [0.15, 0.2) is 0 Å². The number of carbonyl (C=O) groups is 2. The lowest BCUT2D eigenvalue weighted by molar-refractivity contribution is -0.140. The summed E-state index contributed by atoms with van der Waals surface area (Å²) in [6, 6.07) is 22.4. The fraction of sp³-hybridized carbons (Fsp3) is 0.185. The van der Waals surface area contributed by atoms with Gasteiger partial charge in [-0.2, -0.15) is 5.10 Å². The van der Waals surface area contributed by atoms with Gasteiger partial charge in [0.2, 0.25) is 0 Å². The van der Waals surface area contributed by atoms with E-state index in [9.17, 15) is 14.7 Å². The minimum absolute atomic E-state index is 0.398. The number of rotatable bonds is 7. The number of hydrogen-bond acceptors (Lipinski definition) is 5. The highest BCUT2D eigenvalue weighted by Crippen LogP contribution is 2.48. The summed E-state index contributed by atoms with van der Waals surface area (Å²) < 4.78 is 7.05. The summed E-state index contributed by atoms with van der Waals surface area (Å²) in [7, 11) is 0. The fourth-order valence-electron chi connectivity index (χ4n) is 4.08. The molecule has 0 radical (unpaired) electrons. The topological polar surface area (TPSA) is 106 Å². The predicted molar refractivity (Wildman–Crippen MR) is 130 cm³/mol. The first-order chi connectivity index (χ1) is 17.0. The molecule has 1 amide bonds. The lowest BCUT2D eigenvalue weighted by Gasteiger charge is -2.15. The van der Waals surface area contributed by atoms with Crippen molar-refractivity contribution in [1.29, 1.82) is 0 Å². The maximum atomic E-state index is 12.4. The van der Waals surface area contributed by atoms with Crippen molar-refractivity contribution in [3.8, 4) is 16.9 Å². The Bertz CT molecular complexity index is 1340. The third-order valence-electron chi connectivity index (χ3n) is 6.31. The van der Waals surface area contributed by atoms with E-state index in [1.54, 1.807) is 23.1 Å². The molecule has 0 spiro atoms. The van der Waals surface area contributed by atoms with Crippen LogP contribution >= 0.6 is 0 Å². The third kappa shape index (κ3) is 4.50. The van der Waals surface area contributed by atoms with Crippen molar-refractivity contribution in [1.82, 2.24) is 14.8 Å². The summed E-state index contributed by atoms with van der Waals surface area (Å²) >= 11 is 0. The zero-order valence-electron chi connectivity index (χ0n) is 19.1. The summed E-state index contributed by atoms with van der Waals surface area (Å²) in [5, 5.41) is 16.5. The van der Waals surface area contributed by atoms with Crippen molar-refractivity contribution in [2.45, 2.75) is 31.3 Å². The fourth-order valence-corrected chi connectivity index (χ4v) is 4.08. The third-order valence-corrected chi connectivity index (χ3v) is 6.31. The van der Waals surface area contributed by atoms with Crippen molar-refractivity contribution in [2.75, 3.05) is 5.32 Å². The van der Waals surface area contributed by atoms with Crippen LogP contribution in [0.1, 0.15) is 37.0 Å². The smallest absolute Gasteiger partial charge is 0.413 e. The molecule has 2 aromatic heterocycles. The molecule has 1 saturated carbocycles. The number of ether oxygens (including phenoxy) is 1. The molecule has 2 heterocycles. The van der Waals surface area contributed by atoms with Crippen LogP contribution in [0, 0.1) is 0 Å². The quantitative estimate of drug-likeness (QED) is 0.378. The number of amides is 1. The number of carboxylic acids is 1. The Balaban J connectivity index is 1.27. The number of anilines is 1. The van der Waals surface area contributed by atoms with Gasteiger partial charge < -0.3 is 9.84 Å². The summed E-state index contributed by atoms with van der Waals surface area (Å²) in [5.74, 6) is -0.313. The van der Waals surface area contributed by atoms with E-state index in [0.717, 1.165) is 22.4 Å². The minimum Gasteiger partial charge on any atom is -0.481 e. The molecule has 5 rings (SSSR count). The first-order valence-corrected chi connectivity index (χ1v) is 11.3. The molecule has 0 saturated heterocycles. The number of benzene rings is 2. The van der Waals surface area contributed by atoms with Gasteiger partial charge in [-0.05, 0) is 43.0 Å². The molecule has 0 unspecified atom stereocenters. The Morgan fingerprint density at radius 1 is 1.03 bits per heavy atom. The van der Waals surface area contributed by atoms with Crippen LogP contribution < -0.4 is 5.32 Å². The van der Waals surface area contributed by atoms with Crippen molar-refractivity contribution in [2.24, 2.45) is 0 Å². The second kappa shape index (κ2) is 9.06. The normalized spacial score (nSPS) is 14.7. The predicted octanol–water partition coefficient (Wildman–Crippen LogP) is 5.36. The molecule has 1 fully saturated rings. The minimum atomic E-state index is -0.769. The number of pyridine rings is 1. The zero-order valence-corrected chi connectivity index (χ0v) is 19.1. The van der Waals surface area contributed by atoms with Crippen LogP contribution in [0.15, 0.2) is 85.2 Å². The largest absolute Gasteiger partial charge is 0.481 e. The van der Waals surface area contributed by atoms with Crippen LogP contribution in [-0.2, 0) is 14.9 Å². The summed E-state index contributed by atoms with van der Waals surface area (Å²) in [6.07, 6.45) is 3.62. The van der Waals surface area contributed by atoms with Gasteiger partial charge in [-0.15, -0.1) is 0 Å². The summed E-state index contributed by atoms with van der Waals surface area (Å²) in [5.41, 5.74) is 3.31. The standard InChI is InChI=1S/C27H24N4O4/c1-18(19-5-3-2-4-6-19)35-26(34)30-24-13-16-29-31(24)22-11-12-23(28-17-22)20-7-9-21(10-8-20)27(14-15-27)25(32)33/h2-13,16-18H,14-15H2,1H3,(H,30,34)(H,32,33)/t18-/m1/s1. The van der Waals surface area contributed by atoms with Crippen LogP contribution in [0.3, 0.4) is 0 Å². The molecule has 0 aliphatic heterocycles. The number of aromatic nitrogens is 3. The van der Waals surface area contributed by atoms with Crippen LogP contribution in [-0.4, -0.2) is 31.9 Å². The van der Waals surface area contributed by atoms with Crippen LogP contribution in [0.4, 0.5) is 10.6 Å². The first-order valence-electron chi connectivity index (χ1n) is 11.3. The van der Waals surface area contributed by atoms with E-state index in [1.165, 1.54) is 0 Å². The van der Waals surface area contributed by atoms with E-state index >= 15 is 0 Å². The molecular weight excluding hydrogens is 444 g/mol. The first kappa shape index (κ1) is 22.3. The number of hydrogen-bond donors (Lipinski definition) is 2. The highest BCUT2D eigenvalue weighted by Gasteiger charge is 2.51. The molecule has 1 atom stereocenters. The van der Waals surface area contributed by atoms with E-state index in [-0.39, 0.29) is 0 Å². The molecule has 176 valence electrons. The lowest BCUT2D eigenvalue weighted by atomic mass is 9.95.